The van der Waals surface area contributed by atoms with Gasteiger partial charge in [-0.2, -0.15) is 0 Å². The number of hydrogen-bond acceptors (Lipinski definition) is 5. The van der Waals surface area contributed by atoms with Crippen LogP contribution in [0.1, 0.15) is 12.5 Å². The van der Waals surface area contributed by atoms with Gasteiger partial charge >= 0.3 is 0 Å². The van der Waals surface area contributed by atoms with E-state index < -0.39 is 6.10 Å². The summed E-state index contributed by atoms with van der Waals surface area (Å²) in [5.41, 5.74) is 1.15. The molecule has 0 spiro atoms. The lowest BCUT2D eigenvalue weighted by Crippen LogP contribution is -2.41. The van der Waals surface area contributed by atoms with E-state index in [0.717, 1.165) is 35.8 Å². The minimum absolute atomic E-state index is 0. The van der Waals surface area contributed by atoms with Crippen molar-refractivity contribution in [3.63, 3.8) is 0 Å². The third kappa shape index (κ3) is 6.75. The molecule has 0 amide bonds. The van der Waals surface area contributed by atoms with Crippen LogP contribution in [0.3, 0.4) is 0 Å². The fraction of sp³-hybridized carbons (Fsp3) is 0.400. The van der Waals surface area contributed by atoms with Gasteiger partial charge in [-0.05, 0) is 49.7 Å². The quantitative estimate of drug-likeness (QED) is 0.662. The average molecular weight is 382 g/mol. The van der Waals surface area contributed by atoms with Gasteiger partial charge in [0.25, 0.3) is 0 Å². The molecule has 6 heteroatoms. The molecule has 2 aromatic carbocycles. The number of halogens is 1. The van der Waals surface area contributed by atoms with Crippen molar-refractivity contribution in [2.45, 2.75) is 25.5 Å². The summed E-state index contributed by atoms with van der Waals surface area (Å²) >= 11 is 0. The van der Waals surface area contributed by atoms with Gasteiger partial charge in [0.15, 0.2) is 11.5 Å². The Morgan fingerprint density at radius 2 is 1.69 bits per heavy atom. The maximum absolute atomic E-state index is 10.2. The van der Waals surface area contributed by atoms with Crippen molar-refractivity contribution in [3.8, 4) is 17.2 Å². The maximum atomic E-state index is 10.2. The first kappa shape index (κ1) is 22.1. The molecule has 0 fully saturated rings. The van der Waals surface area contributed by atoms with Gasteiger partial charge in [-0.15, -0.1) is 12.4 Å². The van der Waals surface area contributed by atoms with Gasteiger partial charge in [-0.3, -0.25) is 0 Å². The van der Waals surface area contributed by atoms with Crippen LogP contribution in [0.2, 0.25) is 0 Å². The molecule has 2 atom stereocenters. The van der Waals surface area contributed by atoms with Crippen LogP contribution < -0.4 is 19.5 Å². The van der Waals surface area contributed by atoms with E-state index in [-0.39, 0.29) is 25.1 Å². The van der Waals surface area contributed by atoms with Crippen molar-refractivity contribution >= 4 is 12.4 Å². The number of rotatable bonds is 10. The zero-order valence-corrected chi connectivity index (χ0v) is 16.3. The summed E-state index contributed by atoms with van der Waals surface area (Å²) < 4.78 is 16.1. The fourth-order valence-electron chi connectivity index (χ4n) is 2.46. The molecule has 0 aliphatic carbocycles. The maximum Gasteiger partial charge on any atom is 0.160 e. The standard InChI is InChI=1S/C20H27NO4.ClH/c1-15(18(22)14-25-17-7-5-4-6-8-17)21-12-11-16-9-10-19(23-2)20(13-16)24-3;/h4-10,13,15,18,21-22H,11-12,14H2,1-3H3;1H/t15-,18+;/m1./s1. The van der Waals surface area contributed by atoms with E-state index in [1.54, 1.807) is 14.2 Å². The molecular weight excluding hydrogens is 354 g/mol. The van der Waals surface area contributed by atoms with Gasteiger partial charge in [0.05, 0.1) is 14.2 Å². The predicted molar refractivity (Wildman–Crippen MR) is 106 cm³/mol. The van der Waals surface area contributed by atoms with Crippen LogP contribution >= 0.6 is 12.4 Å². The Morgan fingerprint density at radius 1 is 1.00 bits per heavy atom. The summed E-state index contributed by atoms with van der Waals surface area (Å²) in [5.74, 6) is 2.21. The molecule has 2 N–H and O–H groups in total. The van der Waals surface area contributed by atoms with Crippen LogP contribution in [0.5, 0.6) is 17.2 Å². The lowest BCUT2D eigenvalue weighted by Gasteiger charge is -2.21. The van der Waals surface area contributed by atoms with Crippen LogP contribution in [-0.2, 0) is 6.42 Å². The highest BCUT2D eigenvalue weighted by Gasteiger charge is 2.14. The first-order valence-corrected chi connectivity index (χ1v) is 8.44. The fourth-order valence-corrected chi connectivity index (χ4v) is 2.46. The van der Waals surface area contributed by atoms with Gasteiger partial charge in [0.2, 0.25) is 0 Å². The van der Waals surface area contributed by atoms with E-state index in [9.17, 15) is 5.11 Å². The van der Waals surface area contributed by atoms with Crippen LogP contribution in [0.15, 0.2) is 48.5 Å². The smallest absolute Gasteiger partial charge is 0.160 e. The molecule has 0 aromatic heterocycles. The summed E-state index contributed by atoms with van der Waals surface area (Å²) in [6.07, 6.45) is 0.252. The Labute approximate surface area is 161 Å². The first-order chi connectivity index (χ1) is 12.1. The number of aliphatic hydroxyl groups is 1. The van der Waals surface area contributed by atoms with E-state index in [4.69, 9.17) is 14.2 Å². The van der Waals surface area contributed by atoms with Crippen molar-refractivity contribution in [1.82, 2.24) is 5.32 Å². The van der Waals surface area contributed by atoms with E-state index >= 15 is 0 Å². The SMILES string of the molecule is COc1ccc(CCN[C@H](C)[C@@H](O)COc2ccccc2)cc1OC.Cl. The van der Waals surface area contributed by atoms with E-state index in [1.807, 2.05) is 55.5 Å². The number of hydrogen-bond donors (Lipinski definition) is 2. The topological polar surface area (TPSA) is 60.0 Å². The van der Waals surface area contributed by atoms with Crippen molar-refractivity contribution in [2.75, 3.05) is 27.4 Å². The van der Waals surface area contributed by atoms with E-state index in [0.29, 0.717) is 0 Å². The summed E-state index contributed by atoms with van der Waals surface area (Å²) in [4.78, 5) is 0. The number of aliphatic hydroxyl groups excluding tert-OH is 1. The molecule has 0 heterocycles. The minimum Gasteiger partial charge on any atom is -0.493 e. The molecule has 0 radical (unpaired) electrons. The lowest BCUT2D eigenvalue weighted by molar-refractivity contribution is 0.0788. The number of methoxy groups -OCH3 is 2. The Balaban J connectivity index is 0.00000338. The summed E-state index contributed by atoms with van der Waals surface area (Å²) in [5, 5.41) is 13.5. The molecule has 2 aromatic rings. The molecule has 0 aliphatic heterocycles. The molecule has 0 unspecified atom stereocenters. The van der Waals surface area contributed by atoms with Crippen molar-refractivity contribution < 1.29 is 19.3 Å². The second-order valence-corrected chi connectivity index (χ2v) is 5.87. The van der Waals surface area contributed by atoms with Crippen LogP contribution in [0, 0.1) is 0 Å². The van der Waals surface area contributed by atoms with Crippen molar-refractivity contribution in [3.05, 3.63) is 54.1 Å². The van der Waals surface area contributed by atoms with Crippen molar-refractivity contribution in [1.29, 1.82) is 0 Å². The molecule has 0 bridgehead atoms. The van der Waals surface area contributed by atoms with E-state index in [2.05, 4.69) is 5.32 Å². The third-order valence-electron chi connectivity index (χ3n) is 4.07. The largest absolute Gasteiger partial charge is 0.493 e. The predicted octanol–water partition coefficient (Wildman–Crippen LogP) is 3.09. The minimum atomic E-state index is -0.578. The molecule has 2 rings (SSSR count). The van der Waals surface area contributed by atoms with Crippen LogP contribution in [0.25, 0.3) is 0 Å². The number of nitrogens with one attached hydrogen (secondary N) is 1. The van der Waals surface area contributed by atoms with Gasteiger partial charge in [0.1, 0.15) is 18.5 Å². The second kappa shape index (κ2) is 11.6. The number of ether oxygens (including phenoxy) is 3. The Morgan fingerprint density at radius 3 is 2.35 bits per heavy atom. The highest BCUT2D eigenvalue weighted by atomic mass is 35.5. The zero-order chi connectivity index (χ0) is 18.1. The van der Waals surface area contributed by atoms with Gasteiger partial charge in [0, 0.05) is 6.04 Å². The van der Waals surface area contributed by atoms with E-state index in [1.165, 1.54) is 0 Å². The Kier molecular flexibility index (Phi) is 9.88. The normalized spacial score (nSPS) is 12.6. The third-order valence-corrected chi connectivity index (χ3v) is 4.07. The zero-order valence-electron chi connectivity index (χ0n) is 15.5. The monoisotopic (exact) mass is 381 g/mol. The van der Waals surface area contributed by atoms with Gasteiger partial charge < -0.3 is 24.6 Å². The van der Waals surface area contributed by atoms with Gasteiger partial charge in [-0.25, -0.2) is 0 Å². The highest BCUT2D eigenvalue weighted by molar-refractivity contribution is 5.85. The Bertz CT molecular complexity index is 639. The van der Waals surface area contributed by atoms with Crippen LogP contribution in [-0.4, -0.2) is 44.6 Å². The summed E-state index contributed by atoms with van der Waals surface area (Å²) in [7, 11) is 3.25. The van der Waals surface area contributed by atoms with Crippen molar-refractivity contribution in [2.24, 2.45) is 0 Å². The summed E-state index contributed by atoms with van der Waals surface area (Å²) in [6, 6.07) is 15.3. The molecule has 144 valence electrons. The molecule has 0 saturated heterocycles. The number of benzene rings is 2. The van der Waals surface area contributed by atoms with Gasteiger partial charge in [-0.1, -0.05) is 24.3 Å². The lowest BCUT2D eigenvalue weighted by atomic mass is 10.1. The summed E-state index contributed by atoms with van der Waals surface area (Å²) in [6.45, 7) is 2.96. The molecule has 26 heavy (non-hydrogen) atoms. The molecule has 0 aliphatic rings. The second-order valence-electron chi connectivity index (χ2n) is 5.87. The average Bonchev–Trinajstić information content (AvgIpc) is 2.66. The molecular formula is C20H28ClNO4. The first-order valence-electron chi connectivity index (χ1n) is 8.44. The molecule has 0 saturated carbocycles. The van der Waals surface area contributed by atoms with Crippen LogP contribution in [0.4, 0.5) is 0 Å². The number of para-hydroxylation sites is 1. The highest BCUT2D eigenvalue weighted by Crippen LogP contribution is 2.27. The Hall–Kier alpha value is -1.95. The molecule has 5 nitrogen and oxygen atoms in total.